The van der Waals surface area contributed by atoms with Crippen molar-refractivity contribution >= 4 is 11.6 Å². The molecular formula is C14H17ClO. The van der Waals surface area contributed by atoms with Gasteiger partial charge in [0.05, 0.1) is 11.6 Å². The fourth-order valence-corrected chi connectivity index (χ4v) is 3.53. The topological polar surface area (TPSA) is 9.23 Å². The van der Waals surface area contributed by atoms with Gasteiger partial charge in [-0.1, -0.05) is 30.2 Å². The van der Waals surface area contributed by atoms with E-state index in [-0.39, 0.29) is 0 Å². The summed E-state index contributed by atoms with van der Waals surface area (Å²) < 4.78 is 5.84. The van der Waals surface area contributed by atoms with Crippen molar-refractivity contribution in [1.82, 2.24) is 0 Å². The van der Waals surface area contributed by atoms with Gasteiger partial charge in [-0.25, -0.2) is 0 Å². The van der Waals surface area contributed by atoms with Gasteiger partial charge in [0.15, 0.2) is 0 Å². The van der Waals surface area contributed by atoms with Gasteiger partial charge >= 0.3 is 0 Å². The lowest BCUT2D eigenvalue weighted by atomic mass is 9.89. The van der Waals surface area contributed by atoms with Crippen LogP contribution in [-0.2, 0) is 0 Å². The number of benzene rings is 1. The summed E-state index contributed by atoms with van der Waals surface area (Å²) in [6.07, 6.45) is 5.68. The molecule has 2 bridgehead atoms. The first-order valence-electron chi connectivity index (χ1n) is 6.20. The van der Waals surface area contributed by atoms with Gasteiger partial charge in [-0.05, 0) is 49.1 Å². The number of rotatable bonds is 3. The molecule has 1 aromatic carbocycles. The Morgan fingerprint density at radius 1 is 1.19 bits per heavy atom. The maximum absolute atomic E-state index is 6.06. The van der Waals surface area contributed by atoms with Crippen LogP contribution in [0.15, 0.2) is 24.3 Å². The number of ether oxygens (including phenoxy) is 1. The molecule has 0 radical (unpaired) electrons. The Bertz CT molecular complexity index is 377. The molecule has 2 heteroatoms. The Morgan fingerprint density at radius 2 is 2.06 bits per heavy atom. The first kappa shape index (κ1) is 10.5. The smallest absolute Gasteiger partial charge is 0.137 e. The number of fused-ring (bicyclic) bond motifs is 2. The lowest BCUT2D eigenvalue weighted by Crippen LogP contribution is -2.18. The predicted molar refractivity (Wildman–Crippen MR) is 65.9 cm³/mol. The molecule has 0 saturated heterocycles. The zero-order valence-electron chi connectivity index (χ0n) is 9.36. The molecule has 3 unspecified atom stereocenters. The van der Waals surface area contributed by atoms with E-state index in [4.69, 9.17) is 16.3 Å². The molecule has 1 nitrogen and oxygen atoms in total. The molecule has 86 valence electrons. The van der Waals surface area contributed by atoms with E-state index < -0.39 is 0 Å². The van der Waals surface area contributed by atoms with Crippen molar-refractivity contribution in [2.45, 2.75) is 25.7 Å². The molecule has 2 aliphatic rings. The molecule has 3 atom stereocenters. The maximum atomic E-state index is 6.06. The van der Waals surface area contributed by atoms with Crippen LogP contribution in [-0.4, -0.2) is 6.61 Å². The van der Waals surface area contributed by atoms with Gasteiger partial charge in [0.1, 0.15) is 5.75 Å². The first-order valence-corrected chi connectivity index (χ1v) is 6.58. The Labute approximate surface area is 102 Å². The molecule has 0 aromatic heterocycles. The predicted octanol–water partition coefficient (Wildman–Crippen LogP) is 4.16. The zero-order valence-corrected chi connectivity index (χ0v) is 10.1. The van der Waals surface area contributed by atoms with Gasteiger partial charge in [0, 0.05) is 0 Å². The van der Waals surface area contributed by atoms with Crippen molar-refractivity contribution < 1.29 is 4.74 Å². The van der Waals surface area contributed by atoms with Gasteiger partial charge in [-0.2, -0.15) is 0 Å². The normalized spacial score (nSPS) is 31.9. The first-order chi connectivity index (χ1) is 7.83. The number of para-hydroxylation sites is 1. The summed E-state index contributed by atoms with van der Waals surface area (Å²) in [6.45, 7) is 0.852. The Hall–Kier alpha value is -0.690. The molecule has 0 N–H and O–H groups in total. The van der Waals surface area contributed by atoms with Crippen molar-refractivity contribution in [3.05, 3.63) is 29.3 Å². The van der Waals surface area contributed by atoms with Gasteiger partial charge in [0.2, 0.25) is 0 Å². The van der Waals surface area contributed by atoms with Crippen LogP contribution in [0.4, 0.5) is 0 Å². The third-order valence-electron chi connectivity index (χ3n) is 4.17. The monoisotopic (exact) mass is 236 g/mol. The van der Waals surface area contributed by atoms with Crippen molar-refractivity contribution in [1.29, 1.82) is 0 Å². The van der Waals surface area contributed by atoms with E-state index in [0.29, 0.717) is 0 Å². The minimum absolute atomic E-state index is 0.727. The SMILES string of the molecule is Clc1ccccc1OCC1CC2CCC1C2. The van der Waals surface area contributed by atoms with E-state index in [9.17, 15) is 0 Å². The van der Waals surface area contributed by atoms with E-state index >= 15 is 0 Å². The maximum Gasteiger partial charge on any atom is 0.137 e. The second kappa shape index (κ2) is 4.29. The number of hydrogen-bond acceptors (Lipinski definition) is 1. The van der Waals surface area contributed by atoms with Crippen molar-refractivity contribution in [3.63, 3.8) is 0 Å². The lowest BCUT2D eigenvalue weighted by Gasteiger charge is -2.21. The molecule has 0 amide bonds. The summed E-state index contributed by atoms with van der Waals surface area (Å²) in [5, 5.41) is 0.727. The second-order valence-electron chi connectivity index (χ2n) is 5.18. The molecule has 2 aliphatic carbocycles. The van der Waals surface area contributed by atoms with Crippen LogP contribution in [0.2, 0.25) is 5.02 Å². The molecular weight excluding hydrogens is 220 g/mol. The summed E-state index contributed by atoms with van der Waals surface area (Å²) in [6, 6.07) is 7.75. The van der Waals surface area contributed by atoms with E-state index in [1.807, 2.05) is 24.3 Å². The minimum Gasteiger partial charge on any atom is -0.492 e. The Balaban J connectivity index is 1.59. The molecule has 1 aromatic rings. The van der Waals surface area contributed by atoms with Gasteiger partial charge < -0.3 is 4.74 Å². The largest absolute Gasteiger partial charge is 0.492 e. The van der Waals surface area contributed by atoms with Gasteiger partial charge in [-0.3, -0.25) is 0 Å². The lowest BCUT2D eigenvalue weighted by molar-refractivity contribution is 0.195. The highest BCUT2D eigenvalue weighted by molar-refractivity contribution is 6.32. The summed E-state index contributed by atoms with van der Waals surface area (Å²) in [5.74, 6) is 3.53. The Kier molecular flexibility index (Phi) is 2.81. The van der Waals surface area contributed by atoms with Crippen LogP contribution in [0.25, 0.3) is 0 Å². The molecule has 0 heterocycles. The zero-order chi connectivity index (χ0) is 11.0. The fourth-order valence-electron chi connectivity index (χ4n) is 3.34. The summed E-state index contributed by atoms with van der Waals surface area (Å²) in [5.41, 5.74) is 0. The van der Waals surface area contributed by atoms with Crippen LogP contribution in [0, 0.1) is 17.8 Å². The summed E-state index contributed by atoms with van der Waals surface area (Å²) >= 11 is 6.06. The summed E-state index contributed by atoms with van der Waals surface area (Å²) in [4.78, 5) is 0. The standard InChI is InChI=1S/C14H17ClO/c15-13-3-1-2-4-14(13)16-9-12-8-10-5-6-11(12)7-10/h1-4,10-12H,5-9H2. The molecule has 3 rings (SSSR count). The molecule has 16 heavy (non-hydrogen) atoms. The van der Waals surface area contributed by atoms with Gasteiger partial charge in [0.25, 0.3) is 0 Å². The van der Waals surface area contributed by atoms with E-state index in [0.717, 1.165) is 35.1 Å². The average Bonchev–Trinajstić information content (AvgIpc) is 2.90. The fraction of sp³-hybridized carbons (Fsp3) is 0.571. The van der Waals surface area contributed by atoms with Crippen LogP contribution < -0.4 is 4.74 Å². The molecule has 0 spiro atoms. The molecule has 2 saturated carbocycles. The van der Waals surface area contributed by atoms with Crippen molar-refractivity contribution in [3.8, 4) is 5.75 Å². The van der Waals surface area contributed by atoms with E-state index in [2.05, 4.69) is 0 Å². The van der Waals surface area contributed by atoms with Crippen LogP contribution in [0.5, 0.6) is 5.75 Å². The van der Waals surface area contributed by atoms with E-state index in [1.165, 1.54) is 25.7 Å². The number of hydrogen-bond donors (Lipinski definition) is 0. The highest BCUT2D eigenvalue weighted by atomic mass is 35.5. The van der Waals surface area contributed by atoms with Crippen LogP contribution in [0.1, 0.15) is 25.7 Å². The van der Waals surface area contributed by atoms with Crippen LogP contribution >= 0.6 is 11.6 Å². The third kappa shape index (κ3) is 1.93. The highest BCUT2D eigenvalue weighted by Crippen LogP contribution is 2.48. The quantitative estimate of drug-likeness (QED) is 0.766. The minimum atomic E-state index is 0.727. The highest BCUT2D eigenvalue weighted by Gasteiger charge is 2.39. The number of halogens is 1. The van der Waals surface area contributed by atoms with Gasteiger partial charge in [-0.15, -0.1) is 0 Å². The molecule has 0 aliphatic heterocycles. The summed E-state index contributed by atoms with van der Waals surface area (Å²) in [7, 11) is 0. The average molecular weight is 237 g/mol. The van der Waals surface area contributed by atoms with Crippen molar-refractivity contribution in [2.24, 2.45) is 17.8 Å². The van der Waals surface area contributed by atoms with Crippen molar-refractivity contribution in [2.75, 3.05) is 6.61 Å². The third-order valence-corrected chi connectivity index (χ3v) is 4.49. The molecule has 2 fully saturated rings. The Morgan fingerprint density at radius 3 is 2.75 bits per heavy atom. The van der Waals surface area contributed by atoms with Crippen LogP contribution in [0.3, 0.4) is 0 Å². The van der Waals surface area contributed by atoms with E-state index in [1.54, 1.807) is 0 Å². The second-order valence-corrected chi connectivity index (χ2v) is 5.58.